The highest BCUT2D eigenvalue weighted by Gasteiger charge is 2.05. The summed E-state index contributed by atoms with van der Waals surface area (Å²) in [5.41, 5.74) is 1.26. The molecule has 0 N–H and O–H groups in total. The van der Waals surface area contributed by atoms with Crippen molar-refractivity contribution >= 4 is 18.5 Å². The minimum Gasteiger partial charge on any atom is -0.345 e. The fourth-order valence-corrected chi connectivity index (χ4v) is 1.43. The van der Waals surface area contributed by atoms with Gasteiger partial charge < -0.3 is 4.90 Å². The standard InChI is InChI=1S/C11H15NOS/c1-12(11(13)9-14)8-7-10-5-3-2-4-6-10/h2-6,14H,7-9H2,1H3. The Morgan fingerprint density at radius 3 is 2.57 bits per heavy atom. The number of hydrogen-bond acceptors (Lipinski definition) is 2. The van der Waals surface area contributed by atoms with Crippen LogP contribution in [0.2, 0.25) is 0 Å². The molecule has 0 radical (unpaired) electrons. The minimum absolute atomic E-state index is 0.0734. The van der Waals surface area contributed by atoms with E-state index in [1.807, 2.05) is 25.2 Å². The first-order valence-electron chi connectivity index (χ1n) is 4.63. The van der Waals surface area contributed by atoms with Crippen molar-refractivity contribution in [2.75, 3.05) is 19.3 Å². The average molecular weight is 209 g/mol. The zero-order valence-electron chi connectivity index (χ0n) is 8.31. The largest absolute Gasteiger partial charge is 0.345 e. The molecule has 0 aliphatic rings. The number of amides is 1. The normalized spacial score (nSPS) is 9.86. The van der Waals surface area contributed by atoms with E-state index < -0.39 is 0 Å². The molecule has 14 heavy (non-hydrogen) atoms. The summed E-state index contributed by atoms with van der Waals surface area (Å²) in [5, 5.41) is 0. The number of likely N-dealkylation sites (N-methyl/N-ethyl adjacent to an activating group) is 1. The molecule has 0 fully saturated rings. The summed E-state index contributed by atoms with van der Waals surface area (Å²) < 4.78 is 0. The first-order valence-corrected chi connectivity index (χ1v) is 5.26. The molecule has 0 heterocycles. The van der Waals surface area contributed by atoms with Gasteiger partial charge in [-0.3, -0.25) is 4.79 Å². The zero-order chi connectivity index (χ0) is 10.4. The molecule has 0 spiro atoms. The number of carbonyl (C=O) groups excluding carboxylic acids is 1. The van der Waals surface area contributed by atoms with Crippen molar-refractivity contribution in [1.82, 2.24) is 4.90 Å². The van der Waals surface area contributed by atoms with E-state index in [0.29, 0.717) is 0 Å². The van der Waals surface area contributed by atoms with Gasteiger partial charge in [0.05, 0.1) is 5.75 Å². The molecule has 1 aromatic rings. The summed E-state index contributed by atoms with van der Waals surface area (Å²) in [6.07, 6.45) is 0.900. The molecule has 0 aliphatic heterocycles. The van der Waals surface area contributed by atoms with Crippen LogP contribution in [0.5, 0.6) is 0 Å². The van der Waals surface area contributed by atoms with Gasteiger partial charge in [0.25, 0.3) is 0 Å². The number of carbonyl (C=O) groups is 1. The Hall–Kier alpha value is -0.960. The maximum absolute atomic E-state index is 11.2. The average Bonchev–Trinajstić information content (AvgIpc) is 2.26. The highest BCUT2D eigenvalue weighted by atomic mass is 32.1. The van der Waals surface area contributed by atoms with E-state index in [1.54, 1.807) is 4.90 Å². The van der Waals surface area contributed by atoms with Crippen molar-refractivity contribution < 1.29 is 4.79 Å². The highest BCUT2D eigenvalue weighted by Crippen LogP contribution is 2.00. The van der Waals surface area contributed by atoms with Crippen molar-refractivity contribution in [2.45, 2.75) is 6.42 Å². The maximum Gasteiger partial charge on any atom is 0.232 e. The van der Waals surface area contributed by atoms with Crippen LogP contribution in [-0.4, -0.2) is 30.2 Å². The van der Waals surface area contributed by atoms with Crippen LogP contribution in [0.1, 0.15) is 5.56 Å². The molecule has 1 amide bonds. The predicted octanol–water partition coefficient (Wildman–Crippen LogP) is 1.62. The Morgan fingerprint density at radius 2 is 2.00 bits per heavy atom. The van der Waals surface area contributed by atoms with E-state index in [4.69, 9.17) is 0 Å². The van der Waals surface area contributed by atoms with Crippen LogP contribution in [0.25, 0.3) is 0 Å². The lowest BCUT2D eigenvalue weighted by Crippen LogP contribution is -2.29. The van der Waals surface area contributed by atoms with Crippen molar-refractivity contribution in [1.29, 1.82) is 0 Å². The predicted molar refractivity (Wildman–Crippen MR) is 61.6 cm³/mol. The third-order valence-electron chi connectivity index (χ3n) is 2.14. The SMILES string of the molecule is CN(CCc1ccccc1)C(=O)CS. The first kappa shape index (κ1) is 11.1. The molecule has 0 bridgehead atoms. The lowest BCUT2D eigenvalue weighted by Gasteiger charge is -2.15. The fraction of sp³-hybridized carbons (Fsp3) is 0.364. The Morgan fingerprint density at radius 1 is 1.36 bits per heavy atom. The molecule has 0 aliphatic carbocycles. The molecule has 0 aromatic heterocycles. The zero-order valence-corrected chi connectivity index (χ0v) is 9.21. The van der Waals surface area contributed by atoms with Crippen LogP contribution in [0, 0.1) is 0 Å². The monoisotopic (exact) mass is 209 g/mol. The molecule has 0 atom stereocenters. The molecule has 2 nitrogen and oxygen atoms in total. The molecule has 76 valence electrons. The van der Waals surface area contributed by atoms with E-state index in [1.165, 1.54) is 5.56 Å². The summed E-state index contributed by atoms with van der Waals surface area (Å²) in [4.78, 5) is 12.9. The first-order chi connectivity index (χ1) is 6.74. The number of benzene rings is 1. The van der Waals surface area contributed by atoms with Crippen LogP contribution in [0.4, 0.5) is 0 Å². The summed E-state index contributed by atoms with van der Waals surface area (Å²) in [5.74, 6) is 0.356. The Bertz CT molecular complexity index is 287. The second-order valence-electron chi connectivity index (χ2n) is 3.21. The van der Waals surface area contributed by atoms with Gasteiger partial charge in [-0.25, -0.2) is 0 Å². The van der Waals surface area contributed by atoms with Gasteiger partial charge in [-0.2, -0.15) is 12.6 Å². The molecule has 0 saturated heterocycles. The maximum atomic E-state index is 11.2. The van der Waals surface area contributed by atoms with Gasteiger partial charge in [0, 0.05) is 13.6 Å². The lowest BCUT2D eigenvalue weighted by atomic mass is 10.1. The van der Waals surface area contributed by atoms with Gasteiger partial charge >= 0.3 is 0 Å². The number of nitrogens with zero attached hydrogens (tertiary/aromatic N) is 1. The molecular weight excluding hydrogens is 194 g/mol. The van der Waals surface area contributed by atoms with Crippen molar-refractivity contribution in [3.05, 3.63) is 35.9 Å². The fourth-order valence-electron chi connectivity index (χ4n) is 1.19. The summed E-state index contributed by atoms with van der Waals surface area (Å²) in [6.45, 7) is 0.753. The summed E-state index contributed by atoms with van der Waals surface area (Å²) in [6, 6.07) is 10.1. The smallest absolute Gasteiger partial charge is 0.232 e. The number of thiol groups is 1. The van der Waals surface area contributed by atoms with Gasteiger partial charge in [-0.15, -0.1) is 0 Å². The second kappa shape index (κ2) is 5.70. The lowest BCUT2D eigenvalue weighted by molar-refractivity contribution is -0.127. The van der Waals surface area contributed by atoms with Crippen molar-refractivity contribution in [3.8, 4) is 0 Å². The number of hydrogen-bond donors (Lipinski definition) is 1. The van der Waals surface area contributed by atoms with Crippen molar-refractivity contribution in [2.24, 2.45) is 0 Å². The van der Waals surface area contributed by atoms with Crippen LogP contribution in [0.3, 0.4) is 0 Å². The quantitative estimate of drug-likeness (QED) is 0.747. The van der Waals surface area contributed by atoms with E-state index >= 15 is 0 Å². The summed E-state index contributed by atoms with van der Waals surface area (Å²) >= 11 is 3.94. The minimum atomic E-state index is 0.0734. The topological polar surface area (TPSA) is 20.3 Å². The molecule has 1 rings (SSSR count). The Kier molecular flexibility index (Phi) is 4.53. The van der Waals surface area contributed by atoms with E-state index in [2.05, 4.69) is 24.8 Å². The van der Waals surface area contributed by atoms with Crippen LogP contribution < -0.4 is 0 Å². The van der Waals surface area contributed by atoms with E-state index in [0.717, 1.165) is 13.0 Å². The van der Waals surface area contributed by atoms with Crippen LogP contribution in [-0.2, 0) is 11.2 Å². The second-order valence-corrected chi connectivity index (χ2v) is 3.53. The molecular formula is C11H15NOS. The molecule has 1 aromatic carbocycles. The third-order valence-corrected chi connectivity index (χ3v) is 2.41. The van der Waals surface area contributed by atoms with Gasteiger partial charge in [0.15, 0.2) is 0 Å². The van der Waals surface area contributed by atoms with Gasteiger partial charge in [0.1, 0.15) is 0 Å². The van der Waals surface area contributed by atoms with Gasteiger partial charge in [-0.05, 0) is 12.0 Å². The number of rotatable bonds is 4. The van der Waals surface area contributed by atoms with E-state index in [9.17, 15) is 4.79 Å². The molecule has 0 unspecified atom stereocenters. The Balaban J connectivity index is 2.38. The van der Waals surface area contributed by atoms with Crippen LogP contribution in [0.15, 0.2) is 30.3 Å². The van der Waals surface area contributed by atoms with E-state index in [-0.39, 0.29) is 11.7 Å². The summed E-state index contributed by atoms with van der Waals surface area (Å²) in [7, 11) is 1.81. The Labute approximate surface area is 90.3 Å². The van der Waals surface area contributed by atoms with Gasteiger partial charge in [0.2, 0.25) is 5.91 Å². The highest BCUT2D eigenvalue weighted by molar-refractivity contribution is 7.81. The molecule has 0 saturated carbocycles. The third kappa shape index (κ3) is 3.42. The van der Waals surface area contributed by atoms with Crippen molar-refractivity contribution in [3.63, 3.8) is 0 Å². The van der Waals surface area contributed by atoms with Gasteiger partial charge in [-0.1, -0.05) is 30.3 Å². The van der Waals surface area contributed by atoms with Crippen LogP contribution >= 0.6 is 12.6 Å². The molecule has 3 heteroatoms.